The van der Waals surface area contributed by atoms with Crippen LogP contribution in [0.3, 0.4) is 0 Å². The van der Waals surface area contributed by atoms with Crippen molar-refractivity contribution in [3.8, 4) is 0 Å². The van der Waals surface area contributed by atoms with Gasteiger partial charge in [-0.15, -0.1) is 0 Å². The van der Waals surface area contributed by atoms with Crippen molar-refractivity contribution in [1.82, 2.24) is 25.2 Å². The third-order valence-corrected chi connectivity index (χ3v) is 5.19. The minimum atomic E-state index is 0.130. The molecule has 3 fully saturated rings. The summed E-state index contributed by atoms with van der Waals surface area (Å²) in [4.78, 5) is 17.6. The molecule has 6 heteroatoms. The maximum absolute atomic E-state index is 13.0. The molecular formula is C17H23N5O. The standard InChI is InChI=1S/C17H23N5O/c1-2-7-21-9-12-3-5-14(21)11-22(10-12)17(23)13-4-6-15-16(8-13)19-20-18-15/h4,6,8,12,14H,2-3,5,7,9-11H2,1H3,(H,18,19,20)/t12-,14-/m1/s1. The van der Waals surface area contributed by atoms with Crippen LogP contribution in [0.2, 0.25) is 0 Å². The van der Waals surface area contributed by atoms with Crippen molar-refractivity contribution in [3.05, 3.63) is 23.8 Å². The minimum Gasteiger partial charge on any atom is -0.337 e. The average Bonchev–Trinajstić information content (AvgIpc) is 2.85. The molecule has 0 saturated carbocycles. The highest BCUT2D eigenvalue weighted by Crippen LogP contribution is 2.29. The lowest BCUT2D eigenvalue weighted by Crippen LogP contribution is -2.44. The topological polar surface area (TPSA) is 65.1 Å². The molecule has 5 rings (SSSR count). The number of nitrogens with zero attached hydrogens (tertiary/aromatic N) is 4. The maximum Gasteiger partial charge on any atom is 0.253 e. The van der Waals surface area contributed by atoms with Gasteiger partial charge in [-0.1, -0.05) is 6.92 Å². The number of nitrogens with one attached hydrogen (secondary N) is 1. The van der Waals surface area contributed by atoms with Gasteiger partial charge in [0.05, 0.1) is 0 Å². The fraction of sp³-hybridized carbons (Fsp3) is 0.588. The molecule has 23 heavy (non-hydrogen) atoms. The van der Waals surface area contributed by atoms with E-state index in [4.69, 9.17) is 0 Å². The van der Waals surface area contributed by atoms with Crippen LogP contribution in [0.15, 0.2) is 18.2 Å². The summed E-state index contributed by atoms with van der Waals surface area (Å²) in [5.74, 6) is 0.741. The predicted octanol–water partition coefficient (Wildman–Crippen LogP) is 1.90. The Morgan fingerprint density at radius 2 is 2.09 bits per heavy atom. The second-order valence-electron chi connectivity index (χ2n) is 6.83. The van der Waals surface area contributed by atoms with Crippen molar-refractivity contribution < 1.29 is 4.79 Å². The van der Waals surface area contributed by atoms with Crippen LogP contribution in [0.4, 0.5) is 0 Å². The van der Waals surface area contributed by atoms with Gasteiger partial charge in [0, 0.05) is 31.2 Å². The highest BCUT2D eigenvalue weighted by molar-refractivity contribution is 5.97. The molecule has 3 aliphatic heterocycles. The molecule has 1 amide bonds. The molecule has 0 unspecified atom stereocenters. The van der Waals surface area contributed by atoms with Crippen LogP contribution >= 0.6 is 0 Å². The molecule has 1 aromatic heterocycles. The van der Waals surface area contributed by atoms with Crippen LogP contribution in [0.25, 0.3) is 11.0 Å². The van der Waals surface area contributed by atoms with Crippen molar-refractivity contribution in [2.45, 2.75) is 32.2 Å². The number of carbonyl (C=O) groups excluding carboxylic acids is 1. The first kappa shape index (κ1) is 14.6. The van der Waals surface area contributed by atoms with Crippen LogP contribution in [0.5, 0.6) is 0 Å². The fourth-order valence-corrected chi connectivity index (χ4v) is 4.06. The number of hydrogen-bond acceptors (Lipinski definition) is 4. The second kappa shape index (κ2) is 5.92. The SMILES string of the molecule is CCCN1C[C@H]2CC[C@@H]1CN(C(=O)c1ccc3n[nH]nc3c1)C2. The smallest absolute Gasteiger partial charge is 0.253 e. The molecule has 2 aromatic rings. The zero-order valence-electron chi connectivity index (χ0n) is 13.5. The lowest BCUT2D eigenvalue weighted by atomic mass is 9.95. The Kier molecular flexibility index (Phi) is 3.77. The zero-order chi connectivity index (χ0) is 15.8. The first-order valence-electron chi connectivity index (χ1n) is 8.58. The number of hydrogen-bond donors (Lipinski definition) is 1. The molecule has 122 valence electrons. The number of rotatable bonds is 3. The van der Waals surface area contributed by atoms with Gasteiger partial charge in [0.25, 0.3) is 5.91 Å². The maximum atomic E-state index is 13.0. The van der Waals surface area contributed by atoms with E-state index >= 15 is 0 Å². The minimum absolute atomic E-state index is 0.130. The number of fused-ring (bicyclic) bond motifs is 5. The lowest BCUT2D eigenvalue weighted by Gasteiger charge is -2.35. The summed E-state index contributed by atoms with van der Waals surface area (Å²) in [7, 11) is 0. The molecule has 4 heterocycles. The normalized spacial score (nSPS) is 25.0. The summed E-state index contributed by atoms with van der Waals surface area (Å²) < 4.78 is 0. The molecular weight excluding hydrogens is 290 g/mol. The molecule has 0 radical (unpaired) electrons. The highest BCUT2D eigenvalue weighted by Gasteiger charge is 2.36. The van der Waals surface area contributed by atoms with Crippen molar-refractivity contribution in [1.29, 1.82) is 0 Å². The van der Waals surface area contributed by atoms with Gasteiger partial charge in [-0.25, -0.2) is 0 Å². The number of benzene rings is 1. The van der Waals surface area contributed by atoms with E-state index in [1.54, 1.807) is 0 Å². The molecule has 0 aliphatic carbocycles. The van der Waals surface area contributed by atoms with E-state index < -0.39 is 0 Å². The van der Waals surface area contributed by atoms with Crippen LogP contribution in [-0.4, -0.2) is 63.3 Å². The summed E-state index contributed by atoms with van der Waals surface area (Å²) >= 11 is 0. The van der Waals surface area contributed by atoms with Crippen LogP contribution in [-0.2, 0) is 0 Å². The van der Waals surface area contributed by atoms with Gasteiger partial charge in [0.2, 0.25) is 0 Å². The average molecular weight is 313 g/mol. The summed E-state index contributed by atoms with van der Waals surface area (Å²) in [6.07, 6.45) is 3.65. The molecule has 0 spiro atoms. The summed E-state index contributed by atoms with van der Waals surface area (Å²) in [5.41, 5.74) is 2.27. The Morgan fingerprint density at radius 3 is 2.96 bits per heavy atom. The van der Waals surface area contributed by atoms with Gasteiger partial charge in [-0.3, -0.25) is 9.69 Å². The monoisotopic (exact) mass is 313 g/mol. The molecule has 3 aliphatic rings. The van der Waals surface area contributed by atoms with E-state index in [0.717, 1.165) is 42.8 Å². The Morgan fingerprint density at radius 1 is 1.22 bits per heavy atom. The number of carbonyl (C=O) groups is 1. The summed E-state index contributed by atoms with van der Waals surface area (Å²) in [5, 5.41) is 10.7. The van der Waals surface area contributed by atoms with Crippen molar-refractivity contribution in [2.24, 2.45) is 5.92 Å². The van der Waals surface area contributed by atoms with Gasteiger partial charge >= 0.3 is 0 Å². The van der Waals surface area contributed by atoms with E-state index in [1.165, 1.54) is 19.3 Å². The van der Waals surface area contributed by atoms with Gasteiger partial charge in [0.1, 0.15) is 11.0 Å². The van der Waals surface area contributed by atoms with Crippen LogP contribution < -0.4 is 0 Å². The van der Waals surface area contributed by atoms with E-state index in [-0.39, 0.29) is 5.91 Å². The Hall–Kier alpha value is -1.95. The van der Waals surface area contributed by atoms with Crippen molar-refractivity contribution in [3.63, 3.8) is 0 Å². The van der Waals surface area contributed by atoms with Gasteiger partial charge in [-0.2, -0.15) is 15.4 Å². The number of aromatic amines is 1. The Bertz CT molecular complexity index is 712. The first-order valence-corrected chi connectivity index (χ1v) is 8.58. The third kappa shape index (κ3) is 2.72. The largest absolute Gasteiger partial charge is 0.337 e. The summed E-state index contributed by atoms with van der Waals surface area (Å²) in [6, 6.07) is 6.09. The van der Waals surface area contributed by atoms with Gasteiger partial charge in [0.15, 0.2) is 0 Å². The van der Waals surface area contributed by atoms with Gasteiger partial charge in [-0.05, 0) is 49.9 Å². The van der Waals surface area contributed by atoms with Crippen molar-refractivity contribution in [2.75, 3.05) is 26.2 Å². The molecule has 6 nitrogen and oxygen atoms in total. The quantitative estimate of drug-likeness (QED) is 0.940. The second-order valence-corrected chi connectivity index (χ2v) is 6.83. The molecule has 3 saturated heterocycles. The molecule has 1 aromatic carbocycles. The van der Waals surface area contributed by atoms with E-state index in [0.29, 0.717) is 12.0 Å². The molecule has 1 N–H and O–H groups in total. The third-order valence-electron chi connectivity index (χ3n) is 5.19. The zero-order valence-corrected chi connectivity index (χ0v) is 13.5. The highest BCUT2D eigenvalue weighted by atomic mass is 16.2. The number of amides is 1. The number of piperidine rings is 1. The predicted molar refractivity (Wildman–Crippen MR) is 88.2 cm³/mol. The van der Waals surface area contributed by atoms with Gasteiger partial charge < -0.3 is 4.90 Å². The van der Waals surface area contributed by atoms with Crippen LogP contribution in [0, 0.1) is 5.92 Å². The van der Waals surface area contributed by atoms with Crippen molar-refractivity contribution >= 4 is 16.9 Å². The lowest BCUT2D eigenvalue weighted by molar-refractivity contribution is 0.0738. The van der Waals surface area contributed by atoms with E-state index in [2.05, 4.69) is 32.1 Å². The fourth-order valence-electron chi connectivity index (χ4n) is 4.06. The van der Waals surface area contributed by atoms with E-state index in [9.17, 15) is 4.79 Å². The van der Waals surface area contributed by atoms with Crippen LogP contribution in [0.1, 0.15) is 36.5 Å². The van der Waals surface area contributed by atoms with E-state index in [1.807, 2.05) is 18.2 Å². The first-order chi connectivity index (χ1) is 11.2. The Labute approximate surface area is 135 Å². The molecule has 2 atom stereocenters. The number of aromatic nitrogens is 3. The molecule has 2 bridgehead atoms. The summed E-state index contributed by atoms with van der Waals surface area (Å²) in [6.45, 7) is 6.26. The number of H-pyrrole nitrogens is 1. The Balaban J connectivity index is 1.56.